The zero-order valence-electron chi connectivity index (χ0n) is 18.8. The van der Waals surface area contributed by atoms with Crippen molar-refractivity contribution in [2.24, 2.45) is 0 Å². The quantitative estimate of drug-likeness (QED) is 0.490. The van der Waals surface area contributed by atoms with Crippen LogP contribution in [-0.2, 0) is 6.61 Å². The number of nitrogens with one attached hydrogen (secondary N) is 1. The van der Waals surface area contributed by atoms with Crippen LogP contribution in [0.15, 0.2) is 72.8 Å². The van der Waals surface area contributed by atoms with Crippen molar-refractivity contribution in [1.82, 2.24) is 10.2 Å². The molecule has 1 saturated heterocycles. The van der Waals surface area contributed by atoms with Gasteiger partial charge < -0.3 is 19.5 Å². The zero-order valence-corrected chi connectivity index (χ0v) is 18.8. The van der Waals surface area contributed by atoms with Crippen molar-refractivity contribution in [2.75, 3.05) is 33.3 Å². The lowest BCUT2D eigenvalue weighted by Gasteiger charge is -2.36. The Kier molecular flexibility index (Phi) is 7.59. The molecule has 34 heavy (non-hydrogen) atoms. The van der Waals surface area contributed by atoms with Crippen molar-refractivity contribution in [3.05, 3.63) is 89.5 Å². The lowest BCUT2D eigenvalue weighted by atomic mass is 9.96. The monoisotopic (exact) mass is 472 g/mol. The zero-order chi connectivity index (χ0) is 24.0. The molecule has 1 aliphatic rings. The largest absolute Gasteiger partial charge is 0.573 e. The number of nitrogens with zero attached hydrogens (tertiary/aromatic N) is 1. The maximum Gasteiger partial charge on any atom is 0.573 e. The van der Waals surface area contributed by atoms with Gasteiger partial charge in [0.2, 0.25) is 0 Å². The Labute approximate surface area is 197 Å². The van der Waals surface area contributed by atoms with Crippen LogP contribution >= 0.6 is 0 Å². The predicted octanol–water partition coefficient (Wildman–Crippen LogP) is 5.17. The fraction of sp³-hybridized carbons (Fsp3) is 0.308. The van der Waals surface area contributed by atoms with Gasteiger partial charge in [0.05, 0.1) is 13.2 Å². The molecule has 0 amide bonds. The van der Waals surface area contributed by atoms with E-state index in [1.54, 1.807) is 19.2 Å². The van der Waals surface area contributed by atoms with Crippen LogP contribution in [0.5, 0.6) is 17.2 Å². The fourth-order valence-corrected chi connectivity index (χ4v) is 4.12. The highest BCUT2D eigenvalue weighted by Crippen LogP contribution is 2.37. The van der Waals surface area contributed by atoms with Crippen LogP contribution in [0.25, 0.3) is 0 Å². The maximum absolute atomic E-state index is 12.6. The fourth-order valence-electron chi connectivity index (χ4n) is 4.12. The average Bonchev–Trinajstić information content (AvgIpc) is 2.84. The van der Waals surface area contributed by atoms with Crippen molar-refractivity contribution in [1.29, 1.82) is 0 Å². The average molecular weight is 473 g/mol. The van der Waals surface area contributed by atoms with Gasteiger partial charge in [0.1, 0.15) is 12.4 Å². The van der Waals surface area contributed by atoms with E-state index in [9.17, 15) is 13.2 Å². The molecule has 0 aliphatic carbocycles. The van der Waals surface area contributed by atoms with Crippen LogP contribution < -0.4 is 19.5 Å². The number of alkyl halides is 3. The molecule has 3 aromatic rings. The van der Waals surface area contributed by atoms with E-state index in [1.165, 1.54) is 12.1 Å². The highest BCUT2D eigenvalue weighted by atomic mass is 19.4. The molecule has 4 rings (SSSR count). The molecule has 5 nitrogen and oxygen atoms in total. The summed E-state index contributed by atoms with van der Waals surface area (Å²) < 4.78 is 53.5. The lowest BCUT2D eigenvalue weighted by Crippen LogP contribution is -2.45. The van der Waals surface area contributed by atoms with Gasteiger partial charge in [-0.05, 0) is 41.0 Å². The highest BCUT2D eigenvalue weighted by molar-refractivity contribution is 5.46. The lowest BCUT2D eigenvalue weighted by molar-refractivity contribution is -0.274. The molecule has 0 bridgehead atoms. The van der Waals surface area contributed by atoms with Crippen LogP contribution in [0.3, 0.4) is 0 Å². The van der Waals surface area contributed by atoms with E-state index < -0.39 is 6.36 Å². The summed E-state index contributed by atoms with van der Waals surface area (Å²) in [6, 6.07) is 21.6. The first-order valence-corrected chi connectivity index (χ1v) is 11.1. The molecule has 0 unspecified atom stereocenters. The summed E-state index contributed by atoms with van der Waals surface area (Å²) in [5, 5.41) is 3.34. The van der Waals surface area contributed by atoms with E-state index in [1.807, 2.05) is 48.5 Å². The molecule has 180 valence electrons. The summed E-state index contributed by atoms with van der Waals surface area (Å²) in [6.07, 6.45) is -4.72. The first-order valence-electron chi connectivity index (χ1n) is 11.1. The van der Waals surface area contributed by atoms with Gasteiger partial charge >= 0.3 is 6.36 Å². The Balaban J connectivity index is 1.64. The van der Waals surface area contributed by atoms with Crippen molar-refractivity contribution in [3.8, 4) is 17.2 Å². The Hall–Kier alpha value is -3.23. The summed E-state index contributed by atoms with van der Waals surface area (Å²) in [5.74, 6) is 0.991. The van der Waals surface area contributed by atoms with E-state index in [2.05, 4.69) is 15.0 Å². The van der Waals surface area contributed by atoms with Crippen molar-refractivity contribution >= 4 is 0 Å². The molecular formula is C26H27F3N2O3. The van der Waals surface area contributed by atoms with E-state index in [0.29, 0.717) is 18.1 Å². The summed E-state index contributed by atoms with van der Waals surface area (Å²) in [7, 11) is 1.59. The van der Waals surface area contributed by atoms with Gasteiger partial charge in [-0.1, -0.05) is 48.5 Å². The topological polar surface area (TPSA) is 43.0 Å². The van der Waals surface area contributed by atoms with Gasteiger partial charge in [-0.25, -0.2) is 0 Å². The van der Waals surface area contributed by atoms with Crippen LogP contribution in [0.2, 0.25) is 0 Å². The van der Waals surface area contributed by atoms with Gasteiger partial charge in [-0.2, -0.15) is 0 Å². The molecule has 3 aromatic carbocycles. The second-order valence-electron chi connectivity index (χ2n) is 7.99. The molecule has 1 atom stereocenters. The van der Waals surface area contributed by atoms with Gasteiger partial charge in [0.25, 0.3) is 0 Å². The molecule has 1 aliphatic heterocycles. The molecule has 1 N–H and O–H groups in total. The number of methoxy groups -OCH3 is 1. The maximum atomic E-state index is 12.6. The van der Waals surface area contributed by atoms with Crippen molar-refractivity contribution in [3.63, 3.8) is 0 Å². The molecule has 1 heterocycles. The first kappa shape index (κ1) is 23.9. The smallest absolute Gasteiger partial charge is 0.493 e. The predicted molar refractivity (Wildman–Crippen MR) is 123 cm³/mol. The van der Waals surface area contributed by atoms with E-state index in [0.717, 1.165) is 42.9 Å². The third-order valence-corrected chi connectivity index (χ3v) is 5.69. The van der Waals surface area contributed by atoms with Gasteiger partial charge in [-0.15, -0.1) is 13.2 Å². The van der Waals surface area contributed by atoms with Gasteiger partial charge in [0, 0.05) is 26.2 Å². The highest BCUT2D eigenvalue weighted by Gasteiger charge is 2.31. The number of piperazine rings is 1. The van der Waals surface area contributed by atoms with Crippen LogP contribution in [0.4, 0.5) is 13.2 Å². The summed E-state index contributed by atoms with van der Waals surface area (Å²) in [4.78, 5) is 2.30. The van der Waals surface area contributed by atoms with Crippen molar-refractivity contribution < 1.29 is 27.4 Å². The Morgan fingerprint density at radius 2 is 1.56 bits per heavy atom. The molecule has 0 radical (unpaired) electrons. The minimum atomic E-state index is -4.72. The van der Waals surface area contributed by atoms with Crippen LogP contribution in [0.1, 0.15) is 22.7 Å². The Bertz CT molecular complexity index is 1050. The minimum absolute atomic E-state index is 0.160. The Morgan fingerprint density at radius 3 is 2.21 bits per heavy atom. The van der Waals surface area contributed by atoms with Gasteiger partial charge in [-0.3, -0.25) is 4.90 Å². The summed E-state index contributed by atoms with van der Waals surface area (Å²) in [6.45, 7) is 3.66. The third-order valence-electron chi connectivity index (χ3n) is 5.69. The Morgan fingerprint density at radius 1 is 0.882 bits per heavy atom. The first-order chi connectivity index (χ1) is 16.4. The summed E-state index contributed by atoms with van der Waals surface area (Å²) >= 11 is 0. The molecule has 8 heteroatoms. The third kappa shape index (κ3) is 6.21. The van der Waals surface area contributed by atoms with E-state index in [4.69, 9.17) is 9.47 Å². The normalized spacial score (nSPS) is 15.5. The van der Waals surface area contributed by atoms with E-state index in [-0.39, 0.29) is 11.8 Å². The second-order valence-corrected chi connectivity index (χ2v) is 7.99. The number of ether oxygens (including phenoxy) is 3. The van der Waals surface area contributed by atoms with Gasteiger partial charge in [0.15, 0.2) is 11.5 Å². The number of hydrogen-bond acceptors (Lipinski definition) is 5. The SMILES string of the molecule is COc1ccc([C@H](c2ccc(OC(F)(F)F)cc2)N2CCNCC2)cc1OCc1ccccc1. The number of benzene rings is 3. The number of rotatable bonds is 8. The molecular weight excluding hydrogens is 445 g/mol. The van der Waals surface area contributed by atoms with Crippen molar-refractivity contribution in [2.45, 2.75) is 19.0 Å². The minimum Gasteiger partial charge on any atom is -0.493 e. The van der Waals surface area contributed by atoms with Crippen LogP contribution in [0, 0.1) is 0 Å². The van der Waals surface area contributed by atoms with Crippen LogP contribution in [-0.4, -0.2) is 44.6 Å². The standard InChI is InChI=1S/C26H27F3N2O3/c1-32-23-12-9-21(17-24(23)33-18-19-5-3-2-4-6-19)25(31-15-13-30-14-16-31)20-7-10-22(11-8-20)34-26(27,28)29/h2-12,17,25,30H,13-16,18H2,1H3/t25-/m0/s1. The van der Waals surface area contributed by atoms with E-state index >= 15 is 0 Å². The molecule has 0 spiro atoms. The second kappa shape index (κ2) is 10.8. The molecule has 0 aromatic heterocycles. The summed E-state index contributed by atoms with van der Waals surface area (Å²) in [5.41, 5.74) is 2.87. The number of halogens is 3. The molecule has 1 fully saturated rings. The molecule has 0 saturated carbocycles. The number of hydrogen-bond donors (Lipinski definition) is 1.